The van der Waals surface area contributed by atoms with Crippen LogP contribution in [0.4, 0.5) is 0 Å². The second-order valence-electron chi connectivity index (χ2n) is 2.74. The summed E-state index contributed by atoms with van der Waals surface area (Å²) in [7, 11) is 0. The molecule has 0 radical (unpaired) electrons. The first-order chi connectivity index (χ1) is 6.27. The highest BCUT2D eigenvalue weighted by Gasteiger charge is 2.03. The summed E-state index contributed by atoms with van der Waals surface area (Å²) in [5.74, 6) is 0. The average Bonchev–Trinajstić information content (AvgIpc) is 2.53. The van der Waals surface area contributed by atoms with E-state index in [1.165, 1.54) is 11.2 Å². The summed E-state index contributed by atoms with van der Waals surface area (Å²) < 4.78 is 0. The summed E-state index contributed by atoms with van der Waals surface area (Å²) in [5, 5.41) is 1.96. The van der Waals surface area contributed by atoms with Crippen molar-refractivity contribution >= 4 is 11.3 Å². The molecule has 0 aliphatic heterocycles. The van der Waals surface area contributed by atoms with Crippen molar-refractivity contribution in [3.63, 3.8) is 0 Å². The van der Waals surface area contributed by atoms with Crippen LogP contribution in [0.15, 0.2) is 28.8 Å². The first kappa shape index (κ1) is 8.19. The third-order valence-corrected chi connectivity index (χ3v) is 2.62. The van der Waals surface area contributed by atoms with Crippen LogP contribution in [0.5, 0.6) is 0 Å². The minimum absolute atomic E-state index is 0.0900. The fourth-order valence-electron chi connectivity index (χ4n) is 1.13. The molecule has 0 amide bonds. The van der Waals surface area contributed by atoms with Crippen LogP contribution in [-0.4, -0.2) is 9.97 Å². The lowest BCUT2D eigenvalue weighted by atomic mass is 10.2. The second kappa shape index (κ2) is 3.14. The Morgan fingerprint density at radius 1 is 1.54 bits per heavy atom. The zero-order valence-electron chi connectivity index (χ0n) is 7.07. The summed E-state index contributed by atoms with van der Waals surface area (Å²) in [5.41, 5.74) is 1.48. The second-order valence-corrected chi connectivity index (χ2v) is 3.86. The van der Waals surface area contributed by atoms with E-state index >= 15 is 0 Å². The zero-order chi connectivity index (χ0) is 9.26. The minimum Gasteiger partial charge on any atom is -0.313 e. The average molecular weight is 192 g/mol. The third kappa shape index (κ3) is 1.53. The van der Waals surface area contributed by atoms with E-state index < -0.39 is 0 Å². The summed E-state index contributed by atoms with van der Waals surface area (Å²) in [6.07, 6.45) is 2.98. The third-order valence-electron chi connectivity index (χ3n) is 1.76. The van der Waals surface area contributed by atoms with E-state index in [2.05, 4.69) is 9.97 Å². The molecule has 0 saturated heterocycles. The smallest absolute Gasteiger partial charge is 0.258 e. The molecule has 0 aromatic carbocycles. The molecule has 2 heterocycles. The van der Waals surface area contributed by atoms with E-state index in [4.69, 9.17) is 0 Å². The predicted molar refractivity (Wildman–Crippen MR) is 52.9 cm³/mol. The van der Waals surface area contributed by atoms with Gasteiger partial charge in [0.25, 0.3) is 5.56 Å². The molecule has 0 saturated carbocycles. The molecule has 0 spiro atoms. The molecule has 0 aliphatic rings. The first-order valence-corrected chi connectivity index (χ1v) is 4.73. The van der Waals surface area contributed by atoms with Crippen molar-refractivity contribution < 1.29 is 0 Å². The van der Waals surface area contributed by atoms with Crippen LogP contribution in [0.25, 0.3) is 11.1 Å². The maximum atomic E-state index is 11.3. The molecule has 0 unspecified atom stereocenters. The first-order valence-electron chi connectivity index (χ1n) is 3.85. The molecule has 0 fully saturated rings. The van der Waals surface area contributed by atoms with Crippen LogP contribution in [0.1, 0.15) is 4.88 Å². The Bertz CT molecular complexity index is 472. The van der Waals surface area contributed by atoms with E-state index in [9.17, 15) is 4.79 Å². The number of rotatable bonds is 1. The molecule has 3 nitrogen and oxygen atoms in total. The normalized spacial score (nSPS) is 10.2. The van der Waals surface area contributed by atoms with E-state index in [0.717, 1.165) is 5.56 Å². The number of aryl methyl sites for hydroxylation is 1. The maximum Gasteiger partial charge on any atom is 0.258 e. The van der Waals surface area contributed by atoms with Gasteiger partial charge in [0.15, 0.2) is 0 Å². The van der Waals surface area contributed by atoms with Gasteiger partial charge in [-0.15, -0.1) is 11.3 Å². The quantitative estimate of drug-likeness (QED) is 0.749. The zero-order valence-corrected chi connectivity index (χ0v) is 7.89. The van der Waals surface area contributed by atoms with Crippen molar-refractivity contribution in [3.05, 3.63) is 39.2 Å². The van der Waals surface area contributed by atoms with Crippen LogP contribution < -0.4 is 5.56 Å². The number of thiophene rings is 1. The predicted octanol–water partition coefficient (Wildman–Crippen LogP) is 1.81. The molecule has 2 aromatic heterocycles. The highest BCUT2D eigenvalue weighted by atomic mass is 32.1. The molecular weight excluding hydrogens is 184 g/mol. The number of nitrogens with zero attached hydrogens (tertiary/aromatic N) is 1. The SMILES string of the molecule is Cc1cc(-c2cnc[nH]c2=O)cs1. The van der Waals surface area contributed by atoms with Crippen molar-refractivity contribution in [3.8, 4) is 11.1 Å². The van der Waals surface area contributed by atoms with Gasteiger partial charge in [-0.3, -0.25) is 4.79 Å². The van der Waals surface area contributed by atoms with E-state index in [0.29, 0.717) is 5.56 Å². The van der Waals surface area contributed by atoms with Gasteiger partial charge in [-0.1, -0.05) is 0 Å². The number of hydrogen-bond acceptors (Lipinski definition) is 3. The lowest BCUT2D eigenvalue weighted by Gasteiger charge is -1.92. The molecule has 2 rings (SSSR count). The van der Waals surface area contributed by atoms with Crippen LogP contribution in [0, 0.1) is 6.92 Å². The van der Waals surface area contributed by atoms with Gasteiger partial charge in [-0.2, -0.15) is 0 Å². The van der Waals surface area contributed by atoms with Crippen molar-refractivity contribution in [2.45, 2.75) is 6.92 Å². The van der Waals surface area contributed by atoms with Gasteiger partial charge < -0.3 is 4.98 Å². The largest absolute Gasteiger partial charge is 0.313 e. The van der Waals surface area contributed by atoms with Gasteiger partial charge in [-0.25, -0.2) is 4.98 Å². The summed E-state index contributed by atoms with van der Waals surface area (Å²) >= 11 is 1.63. The van der Waals surface area contributed by atoms with Gasteiger partial charge in [0.2, 0.25) is 0 Å². The maximum absolute atomic E-state index is 11.3. The van der Waals surface area contributed by atoms with Gasteiger partial charge in [0, 0.05) is 11.1 Å². The molecule has 4 heteroatoms. The van der Waals surface area contributed by atoms with E-state index in [-0.39, 0.29) is 5.56 Å². The highest BCUT2D eigenvalue weighted by Crippen LogP contribution is 2.21. The van der Waals surface area contributed by atoms with Crippen LogP contribution in [0.3, 0.4) is 0 Å². The fourth-order valence-corrected chi connectivity index (χ4v) is 1.84. The number of hydrogen-bond donors (Lipinski definition) is 1. The topological polar surface area (TPSA) is 45.8 Å². The summed E-state index contributed by atoms with van der Waals surface area (Å²) in [4.78, 5) is 19.0. The van der Waals surface area contributed by atoms with Crippen LogP contribution in [0.2, 0.25) is 0 Å². The molecule has 0 aliphatic carbocycles. The van der Waals surface area contributed by atoms with Crippen molar-refractivity contribution in [1.82, 2.24) is 9.97 Å². The minimum atomic E-state index is -0.0900. The molecular formula is C9H8N2OS. The molecule has 13 heavy (non-hydrogen) atoms. The lowest BCUT2D eigenvalue weighted by Crippen LogP contribution is -2.07. The molecule has 0 atom stereocenters. The monoisotopic (exact) mass is 192 g/mol. The van der Waals surface area contributed by atoms with E-state index in [1.807, 2.05) is 18.4 Å². The van der Waals surface area contributed by atoms with Gasteiger partial charge in [0.05, 0.1) is 11.9 Å². The molecule has 0 bridgehead atoms. The Balaban J connectivity index is 2.59. The fraction of sp³-hybridized carbons (Fsp3) is 0.111. The number of aromatic amines is 1. The Labute approximate surface area is 79.1 Å². The van der Waals surface area contributed by atoms with Gasteiger partial charge in [0.1, 0.15) is 0 Å². The Hall–Kier alpha value is -1.42. The van der Waals surface area contributed by atoms with Crippen molar-refractivity contribution in [1.29, 1.82) is 0 Å². The molecule has 2 aromatic rings. The lowest BCUT2D eigenvalue weighted by molar-refractivity contribution is 1.12. The van der Waals surface area contributed by atoms with E-state index in [1.54, 1.807) is 17.5 Å². The Kier molecular flexibility index (Phi) is 1.98. The summed E-state index contributed by atoms with van der Waals surface area (Å²) in [6.45, 7) is 2.01. The molecule has 66 valence electrons. The number of H-pyrrole nitrogens is 1. The van der Waals surface area contributed by atoms with Gasteiger partial charge in [-0.05, 0) is 23.9 Å². The number of nitrogens with one attached hydrogen (secondary N) is 1. The molecule has 1 N–H and O–H groups in total. The standard InChI is InChI=1S/C9H8N2OS/c1-6-2-7(4-13-6)8-3-10-5-11-9(8)12/h2-5H,1H3,(H,10,11,12). The van der Waals surface area contributed by atoms with Crippen LogP contribution in [-0.2, 0) is 0 Å². The van der Waals surface area contributed by atoms with Crippen molar-refractivity contribution in [2.75, 3.05) is 0 Å². The number of aromatic nitrogens is 2. The van der Waals surface area contributed by atoms with Crippen LogP contribution >= 0.6 is 11.3 Å². The summed E-state index contributed by atoms with van der Waals surface area (Å²) in [6, 6.07) is 1.98. The highest BCUT2D eigenvalue weighted by molar-refractivity contribution is 7.10. The Morgan fingerprint density at radius 3 is 3.00 bits per heavy atom. The van der Waals surface area contributed by atoms with Crippen molar-refractivity contribution in [2.24, 2.45) is 0 Å². The Morgan fingerprint density at radius 2 is 2.38 bits per heavy atom. The van der Waals surface area contributed by atoms with Gasteiger partial charge >= 0.3 is 0 Å².